The molecule has 240 valence electrons. The third-order valence-corrected chi connectivity index (χ3v) is 9.66. The molecule has 0 spiro atoms. The Morgan fingerprint density at radius 2 is 1.83 bits per heavy atom. The Kier molecular flexibility index (Phi) is 8.90. The van der Waals surface area contributed by atoms with Gasteiger partial charge >= 0.3 is 0 Å². The van der Waals surface area contributed by atoms with Gasteiger partial charge in [-0.25, -0.2) is 18.4 Å². The largest absolute Gasteiger partial charge is 0.495 e. The maximum atomic E-state index is 13.4. The van der Waals surface area contributed by atoms with E-state index in [0.29, 0.717) is 40.0 Å². The van der Waals surface area contributed by atoms with Gasteiger partial charge in [-0.1, -0.05) is 12.1 Å². The van der Waals surface area contributed by atoms with Crippen LogP contribution in [0.15, 0.2) is 65.1 Å². The molecule has 1 aliphatic rings. The standard InChI is InChI=1S/C31H33N7O6S2/c1-18-14-38(15-19(2)44-18)16-29-34-26(17-45-29)30(39)35-23-9-20(10-24-22(23)13-33-36-24)21-11-25(31(43-4)32-12-21)37-46(40,41)28-8-6-5-7-27(28)42-3/h5-13,17-19,37H,14-16H2,1-4H3,(H,33,36)(H,35,39)/t18-,19+. The van der Waals surface area contributed by atoms with Crippen LogP contribution in [-0.4, -0.2) is 78.9 Å². The first-order valence-electron chi connectivity index (χ1n) is 14.4. The van der Waals surface area contributed by atoms with E-state index in [0.717, 1.165) is 18.1 Å². The van der Waals surface area contributed by atoms with E-state index in [1.165, 1.54) is 31.6 Å². The number of aromatic nitrogens is 4. The molecule has 13 nitrogen and oxygen atoms in total. The molecule has 1 fully saturated rings. The van der Waals surface area contributed by atoms with Crippen molar-refractivity contribution in [1.29, 1.82) is 0 Å². The Labute approximate surface area is 270 Å². The van der Waals surface area contributed by atoms with Crippen molar-refractivity contribution in [3.63, 3.8) is 0 Å². The van der Waals surface area contributed by atoms with Crippen LogP contribution in [0, 0.1) is 0 Å². The number of H-pyrrole nitrogens is 1. The van der Waals surface area contributed by atoms with Crippen molar-refractivity contribution in [3.8, 4) is 22.8 Å². The number of pyridine rings is 1. The monoisotopic (exact) mass is 663 g/mol. The number of thiazole rings is 1. The maximum absolute atomic E-state index is 13.4. The number of aromatic amines is 1. The summed E-state index contributed by atoms with van der Waals surface area (Å²) in [5.41, 5.74) is 2.82. The lowest BCUT2D eigenvalue weighted by molar-refractivity contribution is -0.0705. The van der Waals surface area contributed by atoms with Gasteiger partial charge in [-0.2, -0.15) is 5.10 Å². The average molecular weight is 664 g/mol. The number of amides is 1. The summed E-state index contributed by atoms with van der Waals surface area (Å²) in [6.45, 7) is 6.36. The first kappa shape index (κ1) is 31.4. The predicted octanol–water partition coefficient (Wildman–Crippen LogP) is 4.76. The van der Waals surface area contributed by atoms with Crippen LogP contribution in [0.5, 0.6) is 11.6 Å². The summed E-state index contributed by atoms with van der Waals surface area (Å²) < 4.78 is 45.7. The third-order valence-electron chi connectivity index (χ3n) is 7.43. The van der Waals surface area contributed by atoms with Crippen molar-refractivity contribution in [1.82, 2.24) is 25.1 Å². The number of nitrogens with zero attached hydrogens (tertiary/aromatic N) is 4. The summed E-state index contributed by atoms with van der Waals surface area (Å²) in [6.07, 6.45) is 3.46. The molecular formula is C31H33N7O6S2. The first-order valence-corrected chi connectivity index (χ1v) is 16.8. The molecule has 2 aromatic carbocycles. The highest BCUT2D eigenvalue weighted by Gasteiger charge is 2.24. The van der Waals surface area contributed by atoms with E-state index in [9.17, 15) is 13.2 Å². The van der Waals surface area contributed by atoms with Crippen molar-refractivity contribution in [2.45, 2.75) is 37.5 Å². The molecule has 0 bridgehead atoms. The lowest BCUT2D eigenvalue weighted by Crippen LogP contribution is -2.44. The first-order chi connectivity index (χ1) is 22.1. The molecule has 0 aliphatic carbocycles. The van der Waals surface area contributed by atoms with Crippen LogP contribution in [0.25, 0.3) is 22.0 Å². The summed E-state index contributed by atoms with van der Waals surface area (Å²) in [5, 5.41) is 13.4. The number of sulfonamides is 1. The fourth-order valence-electron chi connectivity index (χ4n) is 5.49. The second kappa shape index (κ2) is 13.0. The number of anilines is 2. The zero-order valence-electron chi connectivity index (χ0n) is 25.6. The molecular weight excluding hydrogens is 631 g/mol. The highest BCUT2D eigenvalue weighted by atomic mass is 32.2. The quantitative estimate of drug-likeness (QED) is 0.190. The Morgan fingerprint density at radius 3 is 2.59 bits per heavy atom. The van der Waals surface area contributed by atoms with Crippen LogP contribution in [0.3, 0.4) is 0 Å². The van der Waals surface area contributed by atoms with E-state index in [1.807, 2.05) is 6.07 Å². The maximum Gasteiger partial charge on any atom is 0.275 e. The zero-order chi connectivity index (χ0) is 32.4. The van der Waals surface area contributed by atoms with E-state index in [4.69, 9.17) is 14.2 Å². The fraction of sp³-hybridized carbons (Fsp3) is 0.290. The second-order valence-corrected chi connectivity index (χ2v) is 13.5. The van der Waals surface area contributed by atoms with Crippen molar-refractivity contribution < 1.29 is 27.4 Å². The number of fused-ring (bicyclic) bond motifs is 1. The van der Waals surface area contributed by atoms with Crippen molar-refractivity contribution in [3.05, 3.63) is 70.9 Å². The van der Waals surface area contributed by atoms with E-state index in [-0.39, 0.29) is 40.3 Å². The van der Waals surface area contributed by atoms with Gasteiger partial charge in [-0.15, -0.1) is 11.3 Å². The topological polar surface area (TPSA) is 161 Å². The van der Waals surface area contributed by atoms with Crippen LogP contribution in [0.2, 0.25) is 0 Å². The van der Waals surface area contributed by atoms with Gasteiger partial charge in [0, 0.05) is 35.6 Å². The molecule has 15 heteroatoms. The molecule has 0 radical (unpaired) electrons. The van der Waals surface area contributed by atoms with Crippen LogP contribution in [0.1, 0.15) is 29.3 Å². The summed E-state index contributed by atoms with van der Waals surface area (Å²) in [6, 6.07) is 11.5. The number of hydrogen-bond donors (Lipinski definition) is 3. The number of ether oxygens (including phenoxy) is 3. The lowest BCUT2D eigenvalue weighted by atomic mass is 10.0. The van der Waals surface area contributed by atoms with Gasteiger partial charge in [0.05, 0.1) is 50.4 Å². The summed E-state index contributed by atoms with van der Waals surface area (Å²) in [5.74, 6) is -0.0802. The number of carbonyl (C=O) groups excluding carboxylic acids is 1. The number of methoxy groups -OCH3 is 2. The lowest BCUT2D eigenvalue weighted by Gasteiger charge is -2.34. The molecule has 0 saturated carbocycles. The number of rotatable bonds is 10. The van der Waals surface area contributed by atoms with Crippen LogP contribution < -0.4 is 19.5 Å². The van der Waals surface area contributed by atoms with Gasteiger partial charge in [-0.05, 0) is 49.7 Å². The number of benzene rings is 2. The third kappa shape index (κ3) is 6.67. The van der Waals surface area contributed by atoms with Gasteiger partial charge in [0.2, 0.25) is 5.88 Å². The van der Waals surface area contributed by atoms with Crippen molar-refractivity contribution >= 4 is 49.5 Å². The Hall–Kier alpha value is -4.57. The summed E-state index contributed by atoms with van der Waals surface area (Å²) in [4.78, 5) is 24.6. The van der Waals surface area contributed by atoms with Gasteiger partial charge < -0.3 is 19.5 Å². The van der Waals surface area contributed by atoms with E-state index in [2.05, 4.69) is 49.0 Å². The molecule has 6 rings (SSSR count). The smallest absolute Gasteiger partial charge is 0.275 e. The molecule has 5 aromatic rings. The number of morpholine rings is 1. The highest BCUT2D eigenvalue weighted by molar-refractivity contribution is 7.92. The van der Waals surface area contributed by atoms with Gasteiger partial charge in [0.15, 0.2) is 0 Å². The SMILES string of the molecule is COc1ccccc1S(=O)(=O)Nc1cc(-c2cc(NC(=O)c3csc(CN4C[C@@H](C)O[C@@H](C)C4)n3)c3cn[nH]c3c2)cnc1OC. The minimum absolute atomic E-state index is 0.0342. The fourth-order valence-corrected chi connectivity index (χ4v) is 7.52. The van der Waals surface area contributed by atoms with Crippen LogP contribution in [0.4, 0.5) is 11.4 Å². The molecule has 2 atom stereocenters. The van der Waals surface area contributed by atoms with E-state index in [1.54, 1.807) is 48.1 Å². The Bertz CT molecular complexity index is 1980. The molecule has 1 amide bonds. The molecule has 46 heavy (non-hydrogen) atoms. The average Bonchev–Trinajstić information content (AvgIpc) is 3.70. The van der Waals surface area contributed by atoms with Crippen molar-refractivity contribution in [2.24, 2.45) is 0 Å². The number of para-hydroxylation sites is 1. The highest BCUT2D eigenvalue weighted by Crippen LogP contribution is 2.35. The zero-order valence-corrected chi connectivity index (χ0v) is 27.2. The van der Waals surface area contributed by atoms with Crippen LogP contribution in [-0.2, 0) is 21.3 Å². The molecule has 3 N–H and O–H groups in total. The normalized spacial score (nSPS) is 17.1. The Morgan fingerprint density at radius 1 is 1.07 bits per heavy atom. The molecule has 1 saturated heterocycles. The second-order valence-electron chi connectivity index (χ2n) is 10.9. The number of hydrogen-bond acceptors (Lipinski definition) is 11. The van der Waals surface area contributed by atoms with E-state index >= 15 is 0 Å². The summed E-state index contributed by atoms with van der Waals surface area (Å²) >= 11 is 1.44. The molecule has 3 aromatic heterocycles. The minimum Gasteiger partial charge on any atom is -0.495 e. The molecule has 4 heterocycles. The number of carbonyl (C=O) groups is 1. The van der Waals surface area contributed by atoms with Gasteiger partial charge in [-0.3, -0.25) is 19.5 Å². The summed E-state index contributed by atoms with van der Waals surface area (Å²) in [7, 11) is -1.26. The number of nitrogens with one attached hydrogen (secondary N) is 3. The molecule has 1 aliphatic heterocycles. The predicted molar refractivity (Wildman–Crippen MR) is 175 cm³/mol. The van der Waals surface area contributed by atoms with Gasteiger partial charge in [0.25, 0.3) is 15.9 Å². The Balaban J connectivity index is 1.26. The van der Waals surface area contributed by atoms with Gasteiger partial charge in [0.1, 0.15) is 27.0 Å². The minimum atomic E-state index is -4.06. The molecule has 0 unspecified atom stereocenters. The van der Waals surface area contributed by atoms with Crippen LogP contribution >= 0.6 is 11.3 Å². The van der Waals surface area contributed by atoms with E-state index < -0.39 is 10.0 Å². The van der Waals surface area contributed by atoms with Crippen molar-refractivity contribution in [2.75, 3.05) is 37.3 Å².